The van der Waals surface area contributed by atoms with Crippen molar-refractivity contribution in [2.75, 3.05) is 4.90 Å². The number of carbonyl (C=O) groups is 2. The van der Waals surface area contributed by atoms with Crippen LogP contribution >= 0.6 is 0 Å². The average Bonchev–Trinajstić information content (AvgIpc) is 2.72. The number of halogens is 1. The number of rotatable bonds is 4. The van der Waals surface area contributed by atoms with Crippen LogP contribution in [0, 0.1) is 11.7 Å². The lowest BCUT2D eigenvalue weighted by Crippen LogP contribution is -2.54. The molecule has 1 heterocycles. The fraction of sp³-hybridized carbons (Fsp3) is 0.174. The Bertz CT molecular complexity index is 1030. The Hall–Kier alpha value is -3.34. The van der Waals surface area contributed by atoms with Crippen molar-refractivity contribution in [3.05, 3.63) is 89.8 Å². The van der Waals surface area contributed by atoms with Crippen LogP contribution in [0.2, 0.25) is 0 Å². The second-order valence-corrected chi connectivity index (χ2v) is 6.84. The number of aryl methyl sites for hydroxylation is 1. The predicted molar refractivity (Wildman–Crippen MR) is 106 cm³/mol. The minimum atomic E-state index is -0.540. The van der Waals surface area contributed by atoms with E-state index in [0.29, 0.717) is 17.0 Å². The molecule has 0 N–H and O–H groups in total. The van der Waals surface area contributed by atoms with E-state index in [4.69, 9.17) is 0 Å². The number of anilines is 1. The standard InChI is InChI=1S/C23H20FN2O2/c1-2-16-10-12-19(13-11-16)26-22(27)20-8-3-4-9-21(20)25(23(26)28)15-17-6-5-7-18(24)14-17/h3-14,20H,2,15H2,1H3/q+1. The number of imide groups is 1. The van der Waals surface area contributed by atoms with Crippen LogP contribution in [0.3, 0.4) is 0 Å². The Balaban J connectivity index is 1.78. The molecule has 3 amide bonds. The van der Waals surface area contributed by atoms with Crippen molar-refractivity contribution in [2.24, 2.45) is 5.92 Å². The Kier molecular flexibility index (Phi) is 4.74. The van der Waals surface area contributed by atoms with Gasteiger partial charge < -0.3 is 0 Å². The number of urea groups is 1. The molecule has 28 heavy (non-hydrogen) atoms. The van der Waals surface area contributed by atoms with Gasteiger partial charge in [0.1, 0.15) is 29.7 Å². The molecule has 2 aliphatic rings. The molecule has 5 heteroatoms. The fourth-order valence-corrected chi connectivity index (χ4v) is 3.56. The molecular formula is C23H20FN2O2+. The minimum Gasteiger partial charge on any atom is -0.245 e. The quantitative estimate of drug-likeness (QED) is 0.750. The second kappa shape index (κ2) is 7.35. The van der Waals surface area contributed by atoms with Crippen LogP contribution in [0.15, 0.2) is 72.8 Å². The molecule has 1 aliphatic carbocycles. The highest BCUT2D eigenvalue weighted by Gasteiger charge is 2.47. The smallest absolute Gasteiger partial charge is 0.245 e. The van der Waals surface area contributed by atoms with Gasteiger partial charge in [-0.25, -0.2) is 9.18 Å². The van der Waals surface area contributed by atoms with Gasteiger partial charge in [0.2, 0.25) is 0 Å². The number of carbonyl (C=O) groups excluding carboxylic acids is 2. The Labute approximate surface area is 162 Å². The fourth-order valence-electron chi connectivity index (χ4n) is 3.56. The molecule has 0 radical (unpaired) electrons. The van der Waals surface area contributed by atoms with Gasteiger partial charge in [0.05, 0.1) is 0 Å². The first-order valence-electron chi connectivity index (χ1n) is 9.29. The van der Waals surface area contributed by atoms with Crippen molar-refractivity contribution in [3.63, 3.8) is 0 Å². The highest BCUT2D eigenvalue weighted by molar-refractivity contribution is 6.25. The Morgan fingerprint density at radius 3 is 2.54 bits per heavy atom. The molecule has 0 bridgehead atoms. The zero-order valence-electron chi connectivity index (χ0n) is 15.5. The summed E-state index contributed by atoms with van der Waals surface area (Å²) < 4.78 is 15.2. The van der Waals surface area contributed by atoms with Gasteiger partial charge in [0.15, 0.2) is 0 Å². The van der Waals surface area contributed by atoms with Gasteiger partial charge in [-0.05, 0) is 47.9 Å². The van der Waals surface area contributed by atoms with Gasteiger partial charge in [-0.2, -0.15) is 9.37 Å². The van der Waals surface area contributed by atoms with Gasteiger partial charge in [-0.1, -0.05) is 49.4 Å². The molecule has 2 aromatic rings. The van der Waals surface area contributed by atoms with E-state index in [-0.39, 0.29) is 18.3 Å². The highest BCUT2D eigenvalue weighted by Crippen LogP contribution is 2.26. The van der Waals surface area contributed by atoms with Crippen LogP contribution in [0.1, 0.15) is 18.1 Å². The van der Waals surface area contributed by atoms with Crippen molar-refractivity contribution >= 4 is 23.3 Å². The second-order valence-electron chi connectivity index (χ2n) is 6.84. The van der Waals surface area contributed by atoms with Crippen LogP contribution < -0.4 is 4.90 Å². The molecule has 2 aromatic carbocycles. The van der Waals surface area contributed by atoms with E-state index in [1.807, 2.05) is 19.1 Å². The van der Waals surface area contributed by atoms with E-state index >= 15 is 0 Å². The normalized spacial score (nSPS) is 18.6. The summed E-state index contributed by atoms with van der Waals surface area (Å²) in [5, 5.41) is 0. The third-order valence-corrected chi connectivity index (χ3v) is 5.05. The molecule has 1 aliphatic heterocycles. The first-order chi connectivity index (χ1) is 13.6. The summed E-state index contributed by atoms with van der Waals surface area (Å²) in [5.41, 5.74) is 2.95. The maximum Gasteiger partial charge on any atom is 0.506 e. The van der Waals surface area contributed by atoms with Crippen LogP contribution in [-0.2, 0) is 17.8 Å². The minimum absolute atomic E-state index is 0.192. The van der Waals surface area contributed by atoms with E-state index in [2.05, 4.69) is 0 Å². The van der Waals surface area contributed by atoms with Gasteiger partial charge in [-0.15, -0.1) is 4.90 Å². The summed E-state index contributed by atoms with van der Waals surface area (Å²) in [6.07, 6.45) is 8.05. The molecule has 1 unspecified atom stereocenters. The van der Waals surface area contributed by atoms with Crippen molar-refractivity contribution in [3.8, 4) is 0 Å². The van der Waals surface area contributed by atoms with Crippen LogP contribution in [0.25, 0.3) is 0 Å². The Morgan fingerprint density at radius 1 is 1.04 bits per heavy atom. The maximum atomic E-state index is 13.6. The van der Waals surface area contributed by atoms with Crippen molar-refractivity contribution in [2.45, 2.75) is 19.9 Å². The lowest BCUT2D eigenvalue weighted by atomic mass is 9.94. The van der Waals surface area contributed by atoms with Crippen LogP contribution in [-0.4, -0.2) is 22.2 Å². The summed E-state index contributed by atoms with van der Waals surface area (Å²) in [4.78, 5) is 27.6. The first-order valence-corrected chi connectivity index (χ1v) is 9.29. The summed E-state index contributed by atoms with van der Waals surface area (Å²) >= 11 is 0. The molecule has 4 rings (SSSR count). The van der Waals surface area contributed by atoms with Crippen molar-refractivity contribution < 1.29 is 18.6 Å². The number of nitrogens with zero attached hydrogens (tertiary/aromatic N) is 2. The largest absolute Gasteiger partial charge is 0.506 e. The lowest BCUT2D eigenvalue weighted by molar-refractivity contribution is -0.445. The number of allylic oxidation sites excluding steroid dienone is 3. The molecule has 4 nitrogen and oxygen atoms in total. The summed E-state index contributed by atoms with van der Waals surface area (Å²) in [6, 6.07) is 13.2. The Morgan fingerprint density at radius 2 is 1.82 bits per heavy atom. The molecule has 140 valence electrons. The topological polar surface area (TPSA) is 40.4 Å². The van der Waals surface area contributed by atoms with E-state index in [0.717, 1.165) is 12.0 Å². The van der Waals surface area contributed by atoms with Gasteiger partial charge >= 0.3 is 11.9 Å². The third-order valence-electron chi connectivity index (χ3n) is 5.05. The summed E-state index contributed by atoms with van der Waals surface area (Å²) in [7, 11) is 0. The lowest BCUT2D eigenvalue weighted by Gasteiger charge is -2.26. The third kappa shape index (κ3) is 3.20. The molecule has 0 saturated carbocycles. The van der Waals surface area contributed by atoms with E-state index in [1.54, 1.807) is 53.1 Å². The number of hydrogen-bond donors (Lipinski definition) is 0. The zero-order chi connectivity index (χ0) is 19.7. The van der Waals surface area contributed by atoms with Crippen molar-refractivity contribution in [1.29, 1.82) is 0 Å². The summed E-state index contributed by atoms with van der Waals surface area (Å²) in [6.45, 7) is 2.24. The SMILES string of the molecule is CCc1ccc(N2C(=O)C3C=CC=CC3=[N+](Cc3cccc(F)c3)C2=O)cc1. The van der Waals surface area contributed by atoms with Crippen molar-refractivity contribution in [1.82, 2.24) is 0 Å². The van der Waals surface area contributed by atoms with Gasteiger partial charge in [0.25, 0.3) is 0 Å². The van der Waals surface area contributed by atoms with E-state index in [1.165, 1.54) is 17.0 Å². The average molecular weight is 375 g/mol. The maximum absolute atomic E-state index is 13.6. The van der Waals surface area contributed by atoms with Crippen LogP contribution in [0.5, 0.6) is 0 Å². The van der Waals surface area contributed by atoms with Crippen LogP contribution in [0.4, 0.5) is 14.9 Å². The van der Waals surface area contributed by atoms with Gasteiger partial charge in [-0.3, -0.25) is 0 Å². The van der Waals surface area contributed by atoms with Gasteiger partial charge in [0, 0.05) is 0 Å². The zero-order valence-corrected chi connectivity index (χ0v) is 15.5. The number of benzene rings is 2. The number of fused-ring (bicyclic) bond motifs is 1. The molecule has 0 fully saturated rings. The number of amides is 3. The summed E-state index contributed by atoms with van der Waals surface area (Å²) in [5.74, 6) is -1.17. The molecule has 0 aromatic heterocycles. The molecule has 0 spiro atoms. The monoisotopic (exact) mass is 375 g/mol. The molecule has 0 saturated heterocycles. The van der Waals surface area contributed by atoms with E-state index < -0.39 is 11.9 Å². The first kappa shape index (κ1) is 18.0. The van der Waals surface area contributed by atoms with E-state index in [9.17, 15) is 14.0 Å². The molecule has 1 atom stereocenters. The number of hydrogen-bond acceptors (Lipinski definition) is 2. The predicted octanol–water partition coefficient (Wildman–Crippen LogP) is 4.25. The highest BCUT2D eigenvalue weighted by atomic mass is 19.1. The molecular weight excluding hydrogens is 355 g/mol.